The van der Waals surface area contributed by atoms with Crippen molar-refractivity contribution in [3.05, 3.63) is 12.5 Å². The minimum absolute atomic E-state index is 0.105. The topological polar surface area (TPSA) is 75.5 Å². The number of amides is 1. The van der Waals surface area contributed by atoms with Crippen molar-refractivity contribution >= 4 is 15.9 Å². The predicted octanol–water partition coefficient (Wildman–Crippen LogP) is 0.443. The second-order valence-corrected chi connectivity index (χ2v) is 8.08. The van der Waals surface area contributed by atoms with Gasteiger partial charge in [-0.1, -0.05) is 0 Å². The molecule has 22 heavy (non-hydrogen) atoms. The smallest absolute Gasteiger partial charge is 0.262 e. The normalized spacial score (nSPS) is 24.1. The van der Waals surface area contributed by atoms with Gasteiger partial charge in [-0.25, -0.2) is 13.4 Å². The lowest BCUT2D eigenvalue weighted by Gasteiger charge is -2.33. The van der Waals surface area contributed by atoms with Crippen LogP contribution < -0.4 is 0 Å². The Morgan fingerprint density at radius 3 is 2.77 bits per heavy atom. The molecule has 3 heterocycles. The number of rotatable bonds is 4. The van der Waals surface area contributed by atoms with E-state index < -0.39 is 10.0 Å². The van der Waals surface area contributed by atoms with Crippen LogP contribution in [0, 0.1) is 5.92 Å². The molecule has 0 bridgehead atoms. The van der Waals surface area contributed by atoms with Crippen molar-refractivity contribution in [2.45, 2.75) is 30.7 Å². The summed E-state index contributed by atoms with van der Waals surface area (Å²) >= 11 is 0. The summed E-state index contributed by atoms with van der Waals surface area (Å²) in [5.74, 6) is 0.416. The highest BCUT2D eigenvalue weighted by molar-refractivity contribution is 7.89. The third kappa shape index (κ3) is 3.03. The molecule has 0 spiro atoms. The largest absolute Gasteiger partial charge is 0.342 e. The molecule has 1 atom stereocenters. The standard InChI is InChI=1S/C14H22N4O3S/c1-16-10-13(15-11-16)22(20,21)18-7-2-4-12(9-18)8-17-6-3-5-14(17)19/h10-12H,2-9H2,1H3. The summed E-state index contributed by atoms with van der Waals surface area (Å²) in [4.78, 5) is 17.6. The van der Waals surface area contributed by atoms with Crippen LogP contribution in [0.5, 0.6) is 0 Å². The molecule has 0 N–H and O–H groups in total. The Morgan fingerprint density at radius 1 is 1.32 bits per heavy atom. The number of hydrogen-bond donors (Lipinski definition) is 0. The maximum atomic E-state index is 12.6. The lowest BCUT2D eigenvalue weighted by atomic mass is 9.99. The first-order valence-electron chi connectivity index (χ1n) is 7.73. The van der Waals surface area contributed by atoms with Crippen LogP contribution in [0.15, 0.2) is 17.6 Å². The second-order valence-electron chi connectivity index (χ2n) is 6.19. The third-order valence-corrected chi connectivity index (χ3v) is 6.17. The molecule has 0 aromatic carbocycles. The molecule has 1 amide bonds. The Labute approximate surface area is 131 Å². The van der Waals surface area contributed by atoms with Crippen LogP contribution in [0.2, 0.25) is 0 Å². The van der Waals surface area contributed by atoms with E-state index in [9.17, 15) is 13.2 Å². The monoisotopic (exact) mass is 326 g/mol. The van der Waals surface area contributed by atoms with Gasteiger partial charge in [0.25, 0.3) is 10.0 Å². The van der Waals surface area contributed by atoms with E-state index >= 15 is 0 Å². The minimum atomic E-state index is -3.52. The molecular formula is C14H22N4O3S. The number of carbonyl (C=O) groups is 1. The number of nitrogens with zero attached hydrogens (tertiary/aromatic N) is 4. The van der Waals surface area contributed by atoms with Gasteiger partial charge in [0.15, 0.2) is 5.03 Å². The summed E-state index contributed by atoms with van der Waals surface area (Å²) in [6, 6.07) is 0. The lowest BCUT2D eigenvalue weighted by molar-refractivity contribution is -0.128. The summed E-state index contributed by atoms with van der Waals surface area (Å²) in [5, 5.41) is 0.105. The highest BCUT2D eigenvalue weighted by Gasteiger charge is 2.33. The summed E-state index contributed by atoms with van der Waals surface area (Å²) < 4.78 is 28.4. The Bertz CT molecular complexity index is 655. The van der Waals surface area contributed by atoms with Gasteiger partial charge in [0, 0.05) is 45.8 Å². The van der Waals surface area contributed by atoms with Crippen molar-refractivity contribution < 1.29 is 13.2 Å². The van der Waals surface area contributed by atoms with E-state index in [4.69, 9.17) is 0 Å². The molecule has 3 rings (SSSR count). The van der Waals surface area contributed by atoms with Crippen molar-refractivity contribution in [2.24, 2.45) is 13.0 Å². The van der Waals surface area contributed by atoms with Crippen LogP contribution in [0.1, 0.15) is 25.7 Å². The number of imidazole rings is 1. The van der Waals surface area contributed by atoms with Crippen molar-refractivity contribution in [1.82, 2.24) is 18.8 Å². The quantitative estimate of drug-likeness (QED) is 0.805. The van der Waals surface area contributed by atoms with Crippen molar-refractivity contribution in [3.8, 4) is 0 Å². The van der Waals surface area contributed by atoms with E-state index in [1.165, 1.54) is 16.8 Å². The number of hydrogen-bond acceptors (Lipinski definition) is 4. The van der Waals surface area contributed by atoms with Crippen molar-refractivity contribution in [1.29, 1.82) is 0 Å². The van der Waals surface area contributed by atoms with Gasteiger partial charge >= 0.3 is 0 Å². The van der Waals surface area contributed by atoms with Crippen LogP contribution in [0.3, 0.4) is 0 Å². The Kier molecular flexibility index (Phi) is 4.22. The van der Waals surface area contributed by atoms with E-state index in [-0.39, 0.29) is 16.9 Å². The van der Waals surface area contributed by atoms with E-state index in [1.54, 1.807) is 11.6 Å². The third-order valence-electron chi connectivity index (χ3n) is 4.42. The van der Waals surface area contributed by atoms with Gasteiger partial charge in [-0.15, -0.1) is 0 Å². The number of aromatic nitrogens is 2. The second kappa shape index (κ2) is 6.00. The first-order valence-corrected chi connectivity index (χ1v) is 9.17. The van der Waals surface area contributed by atoms with Gasteiger partial charge in [-0.05, 0) is 25.2 Å². The molecule has 2 aliphatic rings. The van der Waals surface area contributed by atoms with Gasteiger partial charge in [-0.2, -0.15) is 4.31 Å². The fraction of sp³-hybridized carbons (Fsp3) is 0.714. The fourth-order valence-corrected chi connectivity index (χ4v) is 4.78. The highest BCUT2D eigenvalue weighted by Crippen LogP contribution is 2.24. The van der Waals surface area contributed by atoms with Crippen LogP contribution in [-0.4, -0.2) is 59.3 Å². The predicted molar refractivity (Wildman–Crippen MR) is 80.5 cm³/mol. The van der Waals surface area contributed by atoms with Crippen LogP contribution in [0.4, 0.5) is 0 Å². The number of aryl methyl sites for hydroxylation is 1. The minimum Gasteiger partial charge on any atom is -0.342 e. The molecule has 2 saturated heterocycles. The molecule has 7 nitrogen and oxygen atoms in total. The number of likely N-dealkylation sites (tertiary alicyclic amines) is 1. The van der Waals surface area contributed by atoms with Crippen LogP contribution >= 0.6 is 0 Å². The van der Waals surface area contributed by atoms with Crippen LogP contribution in [-0.2, 0) is 21.9 Å². The molecule has 1 aromatic rings. The number of sulfonamides is 1. The average Bonchev–Trinajstić information content (AvgIpc) is 3.09. The van der Waals surface area contributed by atoms with E-state index in [0.29, 0.717) is 26.1 Å². The molecule has 2 aliphatic heterocycles. The summed E-state index contributed by atoms with van der Waals surface area (Å²) in [6.45, 7) is 2.49. The van der Waals surface area contributed by atoms with E-state index in [1.807, 2.05) is 4.90 Å². The van der Waals surface area contributed by atoms with Gasteiger partial charge < -0.3 is 9.47 Å². The first-order chi connectivity index (χ1) is 10.5. The van der Waals surface area contributed by atoms with Crippen LogP contribution in [0.25, 0.3) is 0 Å². The van der Waals surface area contributed by atoms with Gasteiger partial charge in [0.1, 0.15) is 0 Å². The fourth-order valence-electron chi connectivity index (χ4n) is 3.26. The van der Waals surface area contributed by atoms with Gasteiger partial charge in [-0.3, -0.25) is 4.79 Å². The van der Waals surface area contributed by atoms with E-state index in [2.05, 4.69) is 4.98 Å². The summed E-state index contributed by atoms with van der Waals surface area (Å²) in [5.41, 5.74) is 0. The molecule has 1 aromatic heterocycles. The molecule has 2 fully saturated rings. The Balaban J connectivity index is 1.68. The molecule has 122 valence electrons. The zero-order valence-electron chi connectivity index (χ0n) is 12.8. The number of carbonyl (C=O) groups excluding carboxylic acids is 1. The van der Waals surface area contributed by atoms with Gasteiger partial charge in [0.2, 0.25) is 5.91 Å². The zero-order chi connectivity index (χ0) is 15.7. The van der Waals surface area contributed by atoms with Gasteiger partial charge in [0.05, 0.1) is 6.33 Å². The van der Waals surface area contributed by atoms with E-state index in [0.717, 1.165) is 25.8 Å². The molecule has 0 saturated carbocycles. The lowest BCUT2D eigenvalue weighted by Crippen LogP contribution is -2.44. The molecule has 0 radical (unpaired) electrons. The Hall–Kier alpha value is -1.41. The SMILES string of the molecule is Cn1cnc(S(=O)(=O)N2CCCC(CN3CCCC3=O)C2)c1. The Morgan fingerprint density at radius 2 is 2.14 bits per heavy atom. The average molecular weight is 326 g/mol. The number of piperidine rings is 1. The highest BCUT2D eigenvalue weighted by atomic mass is 32.2. The first kappa shape index (κ1) is 15.5. The molecule has 8 heteroatoms. The summed E-state index contributed by atoms with van der Waals surface area (Å²) in [6.07, 6.45) is 6.38. The van der Waals surface area contributed by atoms with Crippen molar-refractivity contribution in [3.63, 3.8) is 0 Å². The maximum absolute atomic E-state index is 12.6. The molecular weight excluding hydrogens is 304 g/mol. The maximum Gasteiger partial charge on any atom is 0.262 e. The molecule has 0 aliphatic carbocycles. The zero-order valence-corrected chi connectivity index (χ0v) is 13.6. The van der Waals surface area contributed by atoms with Crippen molar-refractivity contribution in [2.75, 3.05) is 26.2 Å². The molecule has 1 unspecified atom stereocenters. The summed E-state index contributed by atoms with van der Waals surface area (Å²) in [7, 11) is -1.77.